The van der Waals surface area contributed by atoms with E-state index in [2.05, 4.69) is 26.6 Å². The Bertz CT molecular complexity index is 964. The molecule has 2 amide bonds. The van der Waals surface area contributed by atoms with Crippen molar-refractivity contribution in [1.82, 2.24) is 14.9 Å². The third-order valence-electron chi connectivity index (χ3n) is 3.96. The quantitative estimate of drug-likeness (QED) is 0.469. The van der Waals surface area contributed by atoms with Crippen LogP contribution in [-0.2, 0) is 14.8 Å². The Morgan fingerprint density at radius 1 is 1.07 bits per heavy atom. The first-order chi connectivity index (χ1) is 13.7. The fraction of sp³-hybridized carbons (Fsp3) is 0.263. The molecule has 2 rings (SSSR count). The highest BCUT2D eigenvalue weighted by Gasteiger charge is 2.22. The van der Waals surface area contributed by atoms with Gasteiger partial charge in [0.2, 0.25) is 15.9 Å². The van der Waals surface area contributed by atoms with Crippen molar-refractivity contribution >= 4 is 37.8 Å². The van der Waals surface area contributed by atoms with Crippen molar-refractivity contribution in [1.29, 1.82) is 0 Å². The zero-order valence-electron chi connectivity index (χ0n) is 15.8. The van der Waals surface area contributed by atoms with Crippen LogP contribution in [0.1, 0.15) is 16.8 Å². The summed E-state index contributed by atoms with van der Waals surface area (Å²) < 4.78 is 26.6. The van der Waals surface area contributed by atoms with Crippen molar-refractivity contribution in [2.24, 2.45) is 0 Å². The van der Waals surface area contributed by atoms with Crippen molar-refractivity contribution in [3.05, 3.63) is 58.6 Å². The van der Waals surface area contributed by atoms with E-state index in [9.17, 15) is 23.1 Å². The number of phenols is 1. The second-order valence-corrected chi connectivity index (χ2v) is 9.19. The van der Waals surface area contributed by atoms with Gasteiger partial charge in [0.05, 0.1) is 11.4 Å². The minimum atomic E-state index is -3.76. The first kappa shape index (κ1) is 22.9. The van der Waals surface area contributed by atoms with Crippen molar-refractivity contribution in [2.75, 3.05) is 26.7 Å². The molecule has 2 aromatic rings. The van der Waals surface area contributed by atoms with Gasteiger partial charge in [-0.05, 0) is 48.9 Å². The van der Waals surface area contributed by atoms with E-state index >= 15 is 0 Å². The second kappa shape index (κ2) is 10.4. The van der Waals surface area contributed by atoms with E-state index in [0.717, 1.165) is 8.78 Å². The minimum Gasteiger partial charge on any atom is -0.508 e. The molecule has 8 nitrogen and oxygen atoms in total. The smallest absolute Gasteiger partial charge is 0.251 e. The van der Waals surface area contributed by atoms with Gasteiger partial charge in [-0.25, -0.2) is 8.42 Å². The number of hydrogen-bond donors (Lipinski definition) is 3. The lowest BCUT2D eigenvalue weighted by Crippen LogP contribution is -2.39. The molecule has 0 aromatic heterocycles. The van der Waals surface area contributed by atoms with Gasteiger partial charge in [0.25, 0.3) is 5.91 Å². The van der Waals surface area contributed by atoms with Crippen LogP contribution >= 0.6 is 15.9 Å². The molecule has 156 valence electrons. The highest BCUT2D eigenvalue weighted by atomic mass is 79.9. The SMILES string of the molecule is CN(CC(=O)NCCCNC(=O)c1cccc(O)c1)S(=O)(=O)c1ccc(Br)cc1. The molecule has 0 aliphatic heterocycles. The molecule has 29 heavy (non-hydrogen) atoms. The lowest BCUT2D eigenvalue weighted by atomic mass is 10.2. The Labute approximate surface area is 178 Å². The number of nitrogens with one attached hydrogen (secondary N) is 2. The molecule has 10 heteroatoms. The molecule has 3 N–H and O–H groups in total. The van der Waals surface area contributed by atoms with Crippen LogP contribution in [0.5, 0.6) is 5.75 Å². The minimum absolute atomic E-state index is 0.00660. The first-order valence-electron chi connectivity index (χ1n) is 8.76. The van der Waals surface area contributed by atoms with Crippen LogP contribution in [0.2, 0.25) is 0 Å². The maximum Gasteiger partial charge on any atom is 0.251 e. The predicted molar refractivity (Wildman–Crippen MR) is 112 cm³/mol. The number of carbonyl (C=O) groups excluding carboxylic acids is 2. The van der Waals surface area contributed by atoms with Gasteiger partial charge in [0.1, 0.15) is 5.75 Å². The van der Waals surface area contributed by atoms with Gasteiger partial charge in [0, 0.05) is 30.2 Å². The molecular weight excluding hydrogens is 462 g/mol. The van der Waals surface area contributed by atoms with Crippen LogP contribution in [0.3, 0.4) is 0 Å². The standard InChI is InChI=1S/C19H22BrN3O5S/c1-23(29(27,28)17-8-6-15(20)7-9-17)13-18(25)21-10-3-11-22-19(26)14-4-2-5-16(24)12-14/h2,4-9,12,24H,3,10-11,13H2,1H3,(H,21,25)(H,22,26). The monoisotopic (exact) mass is 483 g/mol. The molecule has 0 fully saturated rings. The van der Waals surface area contributed by atoms with Crippen LogP contribution in [-0.4, -0.2) is 56.3 Å². The van der Waals surface area contributed by atoms with E-state index in [1.54, 1.807) is 24.3 Å². The molecule has 0 spiro atoms. The molecule has 0 radical (unpaired) electrons. The lowest BCUT2D eigenvalue weighted by Gasteiger charge is -2.17. The molecule has 0 saturated carbocycles. The Hall–Kier alpha value is -2.43. The van der Waals surface area contributed by atoms with Crippen LogP contribution in [0.25, 0.3) is 0 Å². The molecule has 0 atom stereocenters. The first-order valence-corrected chi connectivity index (χ1v) is 11.0. The molecule has 0 bridgehead atoms. The summed E-state index contributed by atoms with van der Waals surface area (Å²) in [4.78, 5) is 24.0. The molecule has 2 aromatic carbocycles. The summed E-state index contributed by atoms with van der Waals surface area (Å²) in [5.74, 6) is -0.757. The Balaban J connectivity index is 1.72. The van der Waals surface area contributed by atoms with Crippen molar-refractivity contribution < 1.29 is 23.1 Å². The molecule has 0 heterocycles. The van der Waals surface area contributed by atoms with E-state index in [0.29, 0.717) is 18.5 Å². The molecule has 0 saturated heterocycles. The number of nitrogens with zero attached hydrogens (tertiary/aromatic N) is 1. The van der Waals surface area contributed by atoms with Gasteiger partial charge >= 0.3 is 0 Å². The number of hydrogen-bond acceptors (Lipinski definition) is 5. The number of amides is 2. The number of rotatable bonds is 9. The number of phenolic OH excluding ortho intramolecular Hbond substituents is 1. The third kappa shape index (κ3) is 6.84. The molecule has 0 unspecified atom stereocenters. The Morgan fingerprint density at radius 2 is 1.72 bits per heavy atom. The molecular formula is C19H22BrN3O5S. The summed E-state index contributed by atoms with van der Waals surface area (Å²) in [5, 5.41) is 14.7. The van der Waals surface area contributed by atoms with Crippen molar-refractivity contribution in [3.8, 4) is 5.75 Å². The maximum atomic E-state index is 12.5. The predicted octanol–water partition coefficient (Wildman–Crippen LogP) is 1.71. The van der Waals surface area contributed by atoms with Crippen LogP contribution in [0.4, 0.5) is 0 Å². The van der Waals surface area contributed by atoms with Crippen molar-refractivity contribution in [2.45, 2.75) is 11.3 Å². The van der Waals surface area contributed by atoms with E-state index in [1.807, 2.05) is 0 Å². The zero-order valence-corrected chi connectivity index (χ0v) is 18.2. The summed E-state index contributed by atoms with van der Waals surface area (Å²) in [6.45, 7) is 0.293. The number of benzene rings is 2. The summed E-state index contributed by atoms with van der Waals surface area (Å²) in [6.07, 6.45) is 0.472. The highest BCUT2D eigenvalue weighted by molar-refractivity contribution is 9.10. The van der Waals surface area contributed by atoms with Gasteiger partial charge in [-0.1, -0.05) is 22.0 Å². The van der Waals surface area contributed by atoms with Gasteiger partial charge in [-0.15, -0.1) is 0 Å². The number of carbonyl (C=O) groups is 2. The molecule has 0 aliphatic rings. The summed E-state index contributed by atoms with van der Waals surface area (Å²) in [5.41, 5.74) is 0.341. The number of sulfonamides is 1. The van der Waals surface area contributed by atoms with E-state index in [-0.39, 0.29) is 29.6 Å². The van der Waals surface area contributed by atoms with Gasteiger partial charge in [-0.2, -0.15) is 4.31 Å². The highest BCUT2D eigenvalue weighted by Crippen LogP contribution is 2.17. The summed E-state index contributed by atoms with van der Waals surface area (Å²) in [7, 11) is -2.42. The number of likely N-dealkylation sites (N-methyl/N-ethyl adjacent to an activating group) is 1. The van der Waals surface area contributed by atoms with E-state index in [1.165, 1.54) is 31.3 Å². The normalized spacial score (nSPS) is 11.3. The Kier molecular flexibility index (Phi) is 8.18. The average molecular weight is 484 g/mol. The Morgan fingerprint density at radius 3 is 2.38 bits per heavy atom. The summed E-state index contributed by atoms with van der Waals surface area (Å²) in [6, 6.07) is 12.1. The molecule has 0 aliphatic carbocycles. The zero-order chi connectivity index (χ0) is 21.4. The van der Waals surface area contributed by atoms with E-state index in [4.69, 9.17) is 0 Å². The maximum absolute atomic E-state index is 12.5. The van der Waals surface area contributed by atoms with Crippen LogP contribution in [0.15, 0.2) is 57.9 Å². The average Bonchev–Trinajstić information content (AvgIpc) is 2.67. The van der Waals surface area contributed by atoms with Crippen molar-refractivity contribution in [3.63, 3.8) is 0 Å². The van der Waals surface area contributed by atoms with Crippen LogP contribution in [0, 0.1) is 0 Å². The third-order valence-corrected chi connectivity index (χ3v) is 6.30. The largest absolute Gasteiger partial charge is 0.508 e. The topological polar surface area (TPSA) is 116 Å². The summed E-state index contributed by atoms with van der Waals surface area (Å²) >= 11 is 3.25. The number of aromatic hydroxyl groups is 1. The van der Waals surface area contributed by atoms with E-state index < -0.39 is 15.9 Å². The lowest BCUT2D eigenvalue weighted by molar-refractivity contribution is -0.121. The fourth-order valence-electron chi connectivity index (χ4n) is 2.40. The van der Waals surface area contributed by atoms with Gasteiger partial charge < -0.3 is 15.7 Å². The second-order valence-electron chi connectivity index (χ2n) is 6.22. The fourth-order valence-corrected chi connectivity index (χ4v) is 3.79. The number of halogens is 1. The van der Waals surface area contributed by atoms with Gasteiger partial charge in [-0.3, -0.25) is 9.59 Å². The van der Waals surface area contributed by atoms with Gasteiger partial charge in [0.15, 0.2) is 0 Å². The van der Waals surface area contributed by atoms with Crippen LogP contribution < -0.4 is 10.6 Å².